The van der Waals surface area contributed by atoms with Crippen LogP contribution in [0.3, 0.4) is 0 Å². The lowest BCUT2D eigenvalue weighted by Gasteiger charge is -2.26. The second-order valence-corrected chi connectivity index (χ2v) is 15.0. The molecule has 0 spiro atoms. The maximum Gasteiger partial charge on any atom is 0.187 e. The fourth-order valence-electron chi connectivity index (χ4n) is 5.82. The molecule has 2 aliphatic rings. The minimum Gasteiger partial charge on any atom is -0.296 e. The number of nitrogens with zero attached hydrogens (tertiary/aromatic N) is 4. The molecule has 0 radical (unpaired) electrons. The van der Waals surface area contributed by atoms with Gasteiger partial charge in [-0.15, -0.1) is 22.7 Å². The Labute approximate surface area is 284 Å². The van der Waals surface area contributed by atoms with Crippen molar-refractivity contribution < 1.29 is 0 Å². The predicted molar refractivity (Wildman–Crippen MR) is 200 cm³/mol. The second kappa shape index (κ2) is 11.6. The molecule has 2 aromatic heterocycles. The molecule has 4 heterocycles. The molecule has 4 nitrogen and oxygen atoms in total. The Morgan fingerprint density at radius 3 is 1.52 bits per heavy atom. The Bertz CT molecular complexity index is 2130. The van der Waals surface area contributed by atoms with Crippen LogP contribution in [0.15, 0.2) is 131 Å². The molecular weight excluding hydrogens is 641 g/mol. The van der Waals surface area contributed by atoms with Gasteiger partial charge in [0, 0.05) is 30.6 Å². The Morgan fingerprint density at radius 1 is 0.630 bits per heavy atom. The van der Waals surface area contributed by atoms with Gasteiger partial charge < -0.3 is 0 Å². The molecule has 0 N–H and O–H groups in total. The average molecular weight is 665 g/mol. The number of thiophene rings is 2. The normalized spacial score (nSPS) is 16.6. The predicted octanol–water partition coefficient (Wildman–Crippen LogP) is 12.2. The topological polar surface area (TPSA) is 34.6 Å². The molecule has 0 saturated carbocycles. The van der Waals surface area contributed by atoms with E-state index in [1.54, 1.807) is 46.2 Å². The van der Waals surface area contributed by atoms with Crippen LogP contribution >= 0.6 is 46.2 Å². The Hall–Kier alpha value is -4.70. The molecule has 0 amide bonds. The maximum absolute atomic E-state index is 9.45. The third kappa shape index (κ3) is 4.83. The smallest absolute Gasteiger partial charge is 0.187 e. The van der Waals surface area contributed by atoms with E-state index in [9.17, 15) is 5.26 Å². The van der Waals surface area contributed by atoms with Crippen molar-refractivity contribution in [2.24, 2.45) is 0 Å². The number of rotatable bonds is 4. The van der Waals surface area contributed by atoms with Crippen molar-refractivity contribution >= 4 is 91.9 Å². The van der Waals surface area contributed by atoms with Gasteiger partial charge in [0.1, 0.15) is 20.1 Å². The van der Waals surface area contributed by atoms with Crippen molar-refractivity contribution in [3.63, 3.8) is 0 Å². The summed E-state index contributed by atoms with van der Waals surface area (Å²) in [5, 5.41) is 16.5. The van der Waals surface area contributed by atoms with E-state index in [0.29, 0.717) is 11.3 Å². The van der Waals surface area contributed by atoms with E-state index in [-0.39, 0.29) is 0 Å². The highest BCUT2D eigenvalue weighted by molar-refractivity contribution is 8.15. The van der Waals surface area contributed by atoms with Crippen molar-refractivity contribution in [1.29, 1.82) is 5.26 Å². The van der Waals surface area contributed by atoms with Crippen LogP contribution < -0.4 is 9.80 Å². The first-order valence-corrected chi connectivity index (χ1v) is 17.9. The summed E-state index contributed by atoms with van der Waals surface area (Å²) >= 11 is 7.19. The fourth-order valence-corrected chi connectivity index (χ4v) is 10.8. The van der Waals surface area contributed by atoms with Crippen molar-refractivity contribution in [3.8, 4) is 6.07 Å². The van der Waals surface area contributed by atoms with Gasteiger partial charge in [0.15, 0.2) is 5.69 Å². The van der Waals surface area contributed by atoms with E-state index in [1.807, 2.05) is 24.3 Å². The maximum atomic E-state index is 9.45. The molecular formula is C38H24N4S4. The molecule has 8 rings (SSSR count). The summed E-state index contributed by atoms with van der Waals surface area (Å²) in [5.74, 6) is 0. The third-order valence-corrected chi connectivity index (χ3v) is 13.1. The lowest BCUT2D eigenvalue weighted by Crippen LogP contribution is -2.21. The van der Waals surface area contributed by atoms with Gasteiger partial charge in [0.25, 0.3) is 0 Å². The van der Waals surface area contributed by atoms with Crippen LogP contribution in [0.2, 0.25) is 0 Å². The molecule has 0 saturated heterocycles. The van der Waals surface area contributed by atoms with E-state index in [2.05, 4.69) is 119 Å². The summed E-state index contributed by atoms with van der Waals surface area (Å²) in [7, 11) is 0. The summed E-state index contributed by atoms with van der Waals surface area (Å²) < 4.78 is 2.50. The van der Waals surface area contributed by atoms with Crippen molar-refractivity contribution in [2.75, 3.05) is 9.80 Å². The molecule has 0 fully saturated rings. The average Bonchev–Trinajstić information content (AvgIpc) is 3.87. The van der Waals surface area contributed by atoms with E-state index < -0.39 is 0 Å². The molecule has 4 aromatic carbocycles. The number of allylic oxidation sites excluding steroid dienone is 2. The molecule has 2 aliphatic heterocycles. The number of hydrogen-bond donors (Lipinski definition) is 0. The van der Waals surface area contributed by atoms with Crippen molar-refractivity contribution in [2.45, 2.75) is 13.8 Å². The zero-order chi connectivity index (χ0) is 31.4. The molecule has 220 valence electrons. The minimum absolute atomic E-state index is 0.638. The highest BCUT2D eigenvalue weighted by Crippen LogP contribution is 2.59. The number of nitriles is 1. The van der Waals surface area contributed by atoms with Gasteiger partial charge >= 0.3 is 0 Å². The number of thioether (sulfide) groups is 2. The first-order valence-electron chi connectivity index (χ1n) is 14.6. The van der Waals surface area contributed by atoms with Crippen LogP contribution in [0.4, 0.5) is 15.7 Å². The van der Waals surface area contributed by atoms with Crippen LogP contribution in [0.1, 0.15) is 30.5 Å². The van der Waals surface area contributed by atoms with E-state index in [4.69, 9.17) is 6.57 Å². The Balaban J connectivity index is 1.34. The number of anilines is 2. The van der Waals surface area contributed by atoms with Gasteiger partial charge in [-0.25, -0.2) is 4.85 Å². The Morgan fingerprint density at radius 2 is 1.09 bits per heavy atom. The van der Waals surface area contributed by atoms with Crippen molar-refractivity contribution in [1.82, 2.24) is 0 Å². The molecule has 0 bridgehead atoms. The second-order valence-electron chi connectivity index (χ2n) is 10.9. The van der Waals surface area contributed by atoms with Crippen LogP contribution in [0, 0.1) is 17.9 Å². The first-order chi connectivity index (χ1) is 22.5. The SMILES string of the molecule is [C-]#[N+]c1ccc(C2=C(C)N(c3cc4ccccc4s3)/C(=C3\SC(c4ccc(C#N)cc4)=C(C)N3c3cc4ccccc4s3)S2)cc1. The zero-order valence-corrected chi connectivity index (χ0v) is 28.1. The quantitative estimate of drug-likeness (QED) is 0.175. The number of hydrogen-bond acceptors (Lipinski definition) is 7. The summed E-state index contributed by atoms with van der Waals surface area (Å²) in [6, 6.07) is 39.8. The van der Waals surface area contributed by atoms with Crippen molar-refractivity contribution in [3.05, 3.63) is 159 Å². The van der Waals surface area contributed by atoms with E-state index in [0.717, 1.165) is 32.6 Å². The highest BCUT2D eigenvalue weighted by atomic mass is 32.2. The van der Waals surface area contributed by atoms with Gasteiger partial charge in [0.05, 0.1) is 18.2 Å². The zero-order valence-electron chi connectivity index (χ0n) is 24.8. The Kier molecular flexibility index (Phi) is 7.24. The molecule has 0 atom stereocenters. The lowest BCUT2D eigenvalue weighted by molar-refractivity contribution is 1.12. The van der Waals surface area contributed by atoms with Gasteiger partial charge in [0.2, 0.25) is 0 Å². The summed E-state index contributed by atoms with van der Waals surface area (Å²) in [5.41, 5.74) is 5.81. The molecule has 0 aliphatic carbocycles. The molecule has 8 heteroatoms. The highest BCUT2D eigenvalue weighted by Gasteiger charge is 2.38. The third-order valence-electron chi connectivity index (χ3n) is 8.12. The summed E-state index contributed by atoms with van der Waals surface area (Å²) in [4.78, 5) is 10.8. The number of benzene rings is 4. The largest absolute Gasteiger partial charge is 0.296 e. The van der Waals surface area contributed by atoms with Gasteiger partial charge in [-0.2, -0.15) is 5.26 Å². The molecule has 6 aromatic rings. The monoisotopic (exact) mass is 664 g/mol. The van der Waals surface area contributed by atoms with Gasteiger partial charge in [-0.3, -0.25) is 9.80 Å². The molecule has 0 unspecified atom stereocenters. The fraction of sp³-hybridized carbons (Fsp3) is 0.0526. The standard InChI is InChI=1S/C38H24N4S4/c1-23-35(26-14-12-25(22-39)13-15-26)45-37(41(23)33-20-28-8-4-6-10-31(28)43-33)38-42(34-21-29-9-5-7-11-32(29)44-34)24(2)36(46-38)27-16-18-30(40-3)19-17-27/h4-21H,1-2H3/b38-37+. The lowest BCUT2D eigenvalue weighted by atomic mass is 10.1. The summed E-state index contributed by atoms with van der Waals surface area (Å²) in [6.07, 6.45) is 0. The van der Waals surface area contributed by atoms with Crippen LogP contribution in [0.5, 0.6) is 0 Å². The van der Waals surface area contributed by atoms with E-state index in [1.165, 1.54) is 40.0 Å². The first kappa shape index (κ1) is 28.8. The van der Waals surface area contributed by atoms with Crippen LogP contribution in [-0.4, -0.2) is 0 Å². The van der Waals surface area contributed by atoms with Crippen LogP contribution in [-0.2, 0) is 0 Å². The minimum atomic E-state index is 0.638. The number of fused-ring (bicyclic) bond motifs is 2. The van der Waals surface area contributed by atoms with E-state index >= 15 is 0 Å². The molecule has 46 heavy (non-hydrogen) atoms. The van der Waals surface area contributed by atoms with Gasteiger partial charge in [-0.1, -0.05) is 96.3 Å². The van der Waals surface area contributed by atoms with Gasteiger partial charge in [-0.05, 0) is 72.1 Å². The summed E-state index contributed by atoms with van der Waals surface area (Å²) in [6.45, 7) is 11.9. The van der Waals surface area contributed by atoms with Crippen LogP contribution in [0.25, 0.3) is 34.8 Å².